The maximum Gasteiger partial charge on any atom is 0.330 e. The number of benzene rings is 2. The average Bonchev–Trinajstić information content (AvgIpc) is 3.36. The van der Waals surface area contributed by atoms with Gasteiger partial charge >= 0.3 is 5.97 Å². The molecule has 5 rings (SSSR count). The van der Waals surface area contributed by atoms with E-state index in [0.717, 1.165) is 6.42 Å². The normalized spacial score (nSPS) is 24.8. The van der Waals surface area contributed by atoms with Crippen LogP contribution in [0.15, 0.2) is 59.0 Å². The Balaban J connectivity index is 1.79. The minimum atomic E-state index is -1.71. The smallest absolute Gasteiger partial charge is 0.330 e. The van der Waals surface area contributed by atoms with E-state index in [-0.39, 0.29) is 17.6 Å². The molecule has 2 aromatic carbocycles. The topological polar surface area (TPSA) is 97.0 Å². The number of ether oxygens (including phenoxy) is 1. The Kier molecular flexibility index (Phi) is 7.06. The first kappa shape index (κ1) is 27.0. The molecule has 204 valence electrons. The number of halogens is 1. The summed E-state index contributed by atoms with van der Waals surface area (Å²) in [7, 11) is 1.55. The van der Waals surface area contributed by atoms with Crippen molar-refractivity contribution in [3.8, 4) is 5.75 Å². The lowest BCUT2D eigenvalue weighted by Crippen LogP contribution is -2.56. The zero-order valence-corrected chi connectivity index (χ0v) is 23.2. The summed E-state index contributed by atoms with van der Waals surface area (Å²) in [5, 5.41) is 11.4. The number of amides is 1. The van der Waals surface area contributed by atoms with Gasteiger partial charge in [0, 0.05) is 16.9 Å². The lowest BCUT2D eigenvalue weighted by molar-refractivity contribution is -0.161. The fraction of sp³-hybridized carbons (Fsp3) is 0.387. The zero-order chi connectivity index (χ0) is 28.1. The predicted octanol–water partition coefficient (Wildman–Crippen LogP) is 6.37. The molecular formula is C31H32ClNO6. The van der Waals surface area contributed by atoms with E-state index in [1.165, 1.54) is 4.90 Å². The number of rotatable bonds is 7. The maximum absolute atomic E-state index is 14.5. The Hall–Kier alpha value is -3.58. The van der Waals surface area contributed by atoms with Gasteiger partial charge in [0.2, 0.25) is 5.91 Å². The fourth-order valence-electron chi connectivity index (χ4n) is 6.29. The van der Waals surface area contributed by atoms with E-state index in [1.54, 1.807) is 82.5 Å². The van der Waals surface area contributed by atoms with Gasteiger partial charge in [-0.1, -0.05) is 42.3 Å². The van der Waals surface area contributed by atoms with Crippen LogP contribution in [0, 0.1) is 25.7 Å². The van der Waals surface area contributed by atoms with Crippen LogP contribution >= 0.6 is 11.6 Å². The maximum atomic E-state index is 14.5. The number of aliphatic carboxylic acids is 1. The number of aryl methyl sites for hydroxylation is 2. The van der Waals surface area contributed by atoms with Gasteiger partial charge in [0.1, 0.15) is 22.8 Å². The number of likely N-dealkylation sites (tertiary alicyclic amines) is 1. The second-order valence-corrected chi connectivity index (χ2v) is 11.2. The van der Waals surface area contributed by atoms with Crippen LogP contribution in [0.3, 0.4) is 0 Å². The van der Waals surface area contributed by atoms with Gasteiger partial charge in [-0.05, 0) is 75.1 Å². The van der Waals surface area contributed by atoms with Crippen molar-refractivity contribution in [3.05, 3.63) is 87.8 Å². The first-order valence-electron chi connectivity index (χ1n) is 13.1. The number of Topliss-reactive ketones (excluding diaryl/α,β-unsaturated/α-hetero) is 1. The molecule has 39 heavy (non-hydrogen) atoms. The van der Waals surface area contributed by atoms with Crippen molar-refractivity contribution >= 4 is 29.3 Å². The Morgan fingerprint density at radius 1 is 1.03 bits per heavy atom. The highest BCUT2D eigenvalue weighted by atomic mass is 35.5. The van der Waals surface area contributed by atoms with Crippen molar-refractivity contribution in [2.24, 2.45) is 11.8 Å². The largest absolute Gasteiger partial charge is 0.497 e. The summed E-state index contributed by atoms with van der Waals surface area (Å²) >= 11 is 6.21. The van der Waals surface area contributed by atoms with Gasteiger partial charge in [-0.3, -0.25) is 9.59 Å². The number of methoxy groups -OCH3 is 1. The third-order valence-corrected chi connectivity index (χ3v) is 8.76. The number of hydrogen-bond donors (Lipinski definition) is 1. The van der Waals surface area contributed by atoms with Crippen LogP contribution in [0.1, 0.15) is 71.2 Å². The summed E-state index contributed by atoms with van der Waals surface area (Å²) in [6, 6.07) is 14.9. The van der Waals surface area contributed by atoms with Crippen LogP contribution in [-0.4, -0.2) is 40.3 Å². The standard InChI is InChI=1S/C31H32ClNO6/c1-17-16-24(18(2)39-17)28(34)25-26(19-10-14-23(38-4)15-11-19)31(3,30(36)37)33(29(35)21-6-5-7-21)27(25)20-8-12-22(32)13-9-20/h8-16,21,25-27H,5-7H2,1-4H3,(H,36,37). The molecule has 2 fully saturated rings. The molecule has 1 saturated heterocycles. The molecule has 4 atom stereocenters. The fourth-order valence-corrected chi connectivity index (χ4v) is 6.42. The third kappa shape index (κ3) is 4.42. The summed E-state index contributed by atoms with van der Waals surface area (Å²) in [4.78, 5) is 43.5. The highest BCUT2D eigenvalue weighted by Gasteiger charge is 2.65. The van der Waals surface area contributed by atoms with Gasteiger partial charge in [0.25, 0.3) is 0 Å². The van der Waals surface area contributed by atoms with Gasteiger partial charge < -0.3 is 19.2 Å². The van der Waals surface area contributed by atoms with Gasteiger partial charge in [-0.25, -0.2) is 4.79 Å². The van der Waals surface area contributed by atoms with Gasteiger partial charge in [-0.2, -0.15) is 0 Å². The molecule has 2 heterocycles. The van der Waals surface area contributed by atoms with E-state index in [1.807, 2.05) is 0 Å². The molecule has 8 heteroatoms. The molecule has 3 aromatic rings. The van der Waals surface area contributed by atoms with E-state index < -0.39 is 29.4 Å². The summed E-state index contributed by atoms with van der Waals surface area (Å²) in [6.07, 6.45) is 2.31. The van der Waals surface area contributed by atoms with Crippen molar-refractivity contribution < 1.29 is 28.6 Å². The monoisotopic (exact) mass is 549 g/mol. The molecule has 1 saturated carbocycles. The van der Waals surface area contributed by atoms with Crippen molar-refractivity contribution in [2.75, 3.05) is 7.11 Å². The van der Waals surface area contributed by atoms with Crippen molar-refractivity contribution in [2.45, 2.75) is 57.5 Å². The Morgan fingerprint density at radius 3 is 2.13 bits per heavy atom. The molecule has 0 radical (unpaired) electrons. The molecule has 1 aliphatic carbocycles. The van der Waals surface area contributed by atoms with E-state index in [9.17, 15) is 19.5 Å². The number of carboxylic acids is 1. The molecule has 2 aliphatic rings. The van der Waals surface area contributed by atoms with Crippen LogP contribution in [-0.2, 0) is 9.59 Å². The third-order valence-electron chi connectivity index (χ3n) is 8.50. The number of nitrogens with zero attached hydrogens (tertiary/aromatic N) is 1. The van der Waals surface area contributed by atoms with E-state index in [4.69, 9.17) is 20.8 Å². The zero-order valence-electron chi connectivity index (χ0n) is 22.4. The van der Waals surface area contributed by atoms with Gasteiger partial charge in [-0.15, -0.1) is 0 Å². The van der Waals surface area contributed by atoms with Crippen molar-refractivity contribution in [1.29, 1.82) is 0 Å². The van der Waals surface area contributed by atoms with Crippen LogP contribution < -0.4 is 4.74 Å². The first-order chi connectivity index (χ1) is 18.6. The number of furan rings is 1. The van der Waals surface area contributed by atoms with E-state index >= 15 is 0 Å². The SMILES string of the molecule is COc1ccc(C2C(C(=O)c3cc(C)oc3C)C(c3ccc(Cl)cc3)N(C(=O)C3CCC3)C2(C)C(=O)O)cc1. The van der Waals surface area contributed by atoms with Crippen molar-refractivity contribution in [3.63, 3.8) is 0 Å². The Labute approximate surface area is 232 Å². The first-order valence-corrected chi connectivity index (χ1v) is 13.5. The summed E-state index contributed by atoms with van der Waals surface area (Å²) in [5.41, 5.74) is -0.0225. The van der Waals surface area contributed by atoms with E-state index in [2.05, 4.69) is 0 Å². The number of carbonyl (C=O) groups is 3. The van der Waals surface area contributed by atoms with Gasteiger partial charge in [0.15, 0.2) is 5.78 Å². The lowest BCUT2D eigenvalue weighted by atomic mass is 9.71. The molecule has 4 unspecified atom stereocenters. The highest BCUT2D eigenvalue weighted by molar-refractivity contribution is 6.30. The minimum absolute atomic E-state index is 0.236. The summed E-state index contributed by atoms with van der Waals surface area (Å²) in [5.74, 6) is -2.04. The van der Waals surface area contributed by atoms with Crippen LogP contribution in [0.2, 0.25) is 5.02 Å². The second-order valence-electron chi connectivity index (χ2n) is 10.8. The van der Waals surface area contributed by atoms with Crippen LogP contribution in [0.4, 0.5) is 0 Å². The Bertz CT molecular complexity index is 1410. The van der Waals surface area contributed by atoms with Crippen molar-refractivity contribution in [1.82, 2.24) is 4.90 Å². The molecular weight excluding hydrogens is 518 g/mol. The van der Waals surface area contributed by atoms with Crippen LogP contribution in [0.5, 0.6) is 5.75 Å². The molecule has 1 aromatic heterocycles. The molecule has 1 N–H and O–H groups in total. The van der Waals surface area contributed by atoms with E-state index in [0.29, 0.717) is 51.8 Å². The predicted molar refractivity (Wildman–Crippen MR) is 146 cm³/mol. The molecule has 7 nitrogen and oxygen atoms in total. The van der Waals surface area contributed by atoms with Crippen LogP contribution in [0.25, 0.3) is 0 Å². The number of hydrogen-bond acceptors (Lipinski definition) is 5. The van der Waals surface area contributed by atoms with Gasteiger partial charge in [0.05, 0.1) is 24.6 Å². The highest BCUT2D eigenvalue weighted by Crippen LogP contribution is 2.58. The molecule has 1 amide bonds. The Morgan fingerprint density at radius 2 is 1.64 bits per heavy atom. The molecule has 1 aliphatic heterocycles. The summed E-state index contributed by atoms with van der Waals surface area (Å²) < 4.78 is 11.0. The minimum Gasteiger partial charge on any atom is -0.497 e. The summed E-state index contributed by atoms with van der Waals surface area (Å²) in [6.45, 7) is 5.07. The number of ketones is 1. The average molecular weight is 550 g/mol. The number of carboxylic acid groups (broad SMARTS) is 1. The molecule has 0 spiro atoms. The molecule has 0 bridgehead atoms. The second kappa shape index (κ2) is 10.2. The quantitative estimate of drug-likeness (QED) is 0.344. The number of carbonyl (C=O) groups excluding carboxylic acids is 2. The lowest BCUT2D eigenvalue weighted by Gasteiger charge is -2.41.